The standard InChI is InChI=1S/C20H38N4O5S/c1-7-11(3)15(19(27)24-16(20(28)29)12(4)8-2)23-17(25)13(5)22-18(26)14(21)9-10-30-6/h11-16H,7-10,21H2,1-6H3,(H,22,26)(H,23,25)(H,24,27)(H,28,29). The molecule has 0 aromatic carbocycles. The molecule has 0 fully saturated rings. The predicted octanol–water partition coefficient (Wildman–Crippen LogP) is 0.718. The van der Waals surface area contributed by atoms with E-state index in [1.54, 1.807) is 25.6 Å². The number of carbonyl (C=O) groups excluding carboxylic acids is 3. The van der Waals surface area contributed by atoms with Gasteiger partial charge in [-0.3, -0.25) is 14.4 Å². The Labute approximate surface area is 183 Å². The summed E-state index contributed by atoms with van der Waals surface area (Å²) in [4.78, 5) is 49.0. The molecule has 3 amide bonds. The van der Waals surface area contributed by atoms with Crippen LogP contribution in [-0.2, 0) is 19.2 Å². The Hall–Kier alpha value is -1.81. The van der Waals surface area contributed by atoms with Gasteiger partial charge >= 0.3 is 5.97 Å². The molecule has 0 spiro atoms. The second-order valence-electron chi connectivity index (χ2n) is 7.70. The van der Waals surface area contributed by atoms with Crippen LogP contribution in [0.4, 0.5) is 0 Å². The average Bonchev–Trinajstić information content (AvgIpc) is 2.71. The van der Waals surface area contributed by atoms with E-state index in [1.165, 1.54) is 6.92 Å². The number of rotatable bonds is 14. The number of carbonyl (C=O) groups is 4. The van der Waals surface area contributed by atoms with Crippen LogP contribution in [0.2, 0.25) is 0 Å². The van der Waals surface area contributed by atoms with Crippen LogP contribution in [0.5, 0.6) is 0 Å². The van der Waals surface area contributed by atoms with Crippen molar-refractivity contribution in [1.82, 2.24) is 16.0 Å². The van der Waals surface area contributed by atoms with Gasteiger partial charge in [0, 0.05) is 0 Å². The lowest BCUT2D eigenvalue weighted by molar-refractivity contribution is -0.144. The van der Waals surface area contributed by atoms with Gasteiger partial charge in [0.05, 0.1) is 6.04 Å². The molecule has 0 saturated carbocycles. The van der Waals surface area contributed by atoms with Gasteiger partial charge in [-0.15, -0.1) is 0 Å². The third kappa shape index (κ3) is 9.34. The molecule has 10 heteroatoms. The number of aliphatic carboxylic acids is 1. The molecule has 0 saturated heterocycles. The van der Waals surface area contributed by atoms with E-state index in [0.29, 0.717) is 19.3 Å². The number of nitrogens with one attached hydrogen (secondary N) is 3. The zero-order valence-corrected chi connectivity index (χ0v) is 19.7. The van der Waals surface area contributed by atoms with E-state index in [0.717, 1.165) is 5.75 Å². The van der Waals surface area contributed by atoms with Crippen molar-refractivity contribution in [1.29, 1.82) is 0 Å². The molecule has 0 heterocycles. The smallest absolute Gasteiger partial charge is 0.326 e. The van der Waals surface area contributed by atoms with Gasteiger partial charge < -0.3 is 26.8 Å². The van der Waals surface area contributed by atoms with Crippen molar-refractivity contribution in [3.8, 4) is 0 Å². The number of carboxylic acid groups (broad SMARTS) is 1. The number of nitrogens with two attached hydrogens (primary N) is 1. The van der Waals surface area contributed by atoms with Gasteiger partial charge in [-0.2, -0.15) is 11.8 Å². The molecule has 6 N–H and O–H groups in total. The molecule has 0 aliphatic carbocycles. The maximum atomic E-state index is 12.8. The SMILES string of the molecule is CCC(C)C(NC(=O)C(NC(=O)C(C)NC(=O)C(N)CCSC)C(C)CC)C(=O)O. The molecule has 0 aliphatic heterocycles. The summed E-state index contributed by atoms with van der Waals surface area (Å²) < 4.78 is 0. The van der Waals surface area contributed by atoms with E-state index in [2.05, 4.69) is 16.0 Å². The molecule has 0 aliphatic rings. The van der Waals surface area contributed by atoms with Crippen LogP contribution in [-0.4, -0.2) is 65.0 Å². The summed E-state index contributed by atoms with van der Waals surface area (Å²) in [5, 5.41) is 17.2. The van der Waals surface area contributed by atoms with Gasteiger partial charge in [0.15, 0.2) is 0 Å². The van der Waals surface area contributed by atoms with Crippen LogP contribution in [0.25, 0.3) is 0 Å². The van der Waals surface area contributed by atoms with Crippen LogP contribution in [0.1, 0.15) is 53.9 Å². The van der Waals surface area contributed by atoms with Crippen molar-refractivity contribution in [2.24, 2.45) is 17.6 Å². The van der Waals surface area contributed by atoms with Crippen molar-refractivity contribution in [2.75, 3.05) is 12.0 Å². The lowest BCUT2D eigenvalue weighted by Gasteiger charge is -2.28. The van der Waals surface area contributed by atoms with Crippen molar-refractivity contribution in [3.05, 3.63) is 0 Å². The zero-order chi connectivity index (χ0) is 23.4. The summed E-state index contributed by atoms with van der Waals surface area (Å²) in [7, 11) is 0. The zero-order valence-electron chi connectivity index (χ0n) is 18.9. The van der Waals surface area contributed by atoms with E-state index in [-0.39, 0.29) is 11.8 Å². The third-order valence-corrected chi connectivity index (χ3v) is 5.94. The molecule has 0 radical (unpaired) electrons. The first-order valence-corrected chi connectivity index (χ1v) is 11.8. The Balaban J connectivity index is 5.15. The highest BCUT2D eigenvalue weighted by molar-refractivity contribution is 7.98. The van der Waals surface area contributed by atoms with Crippen LogP contribution >= 0.6 is 11.8 Å². The Morgan fingerprint density at radius 1 is 0.867 bits per heavy atom. The van der Waals surface area contributed by atoms with E-state index in [1.807, 2.05) is 20.1 Å². The van der Waals surface area contributed by atoms with Crippen LogP contribution in [0.15, 0.2) is 0 Å². The highest BCUT2D eigenvalue weighted by Crippen LogP contribution is 2.12. The fourth-order valence-electron chi connectivity index (χ4n) is 2.67. The highest BCUT2D eigenvalue weighted by Gasteiger charge is 2.33. The molecule has 6 atom stereocenters. The van der Waals surface area contributed by atoms with Crippen LogP contribution < -0.4 is 21.7 Å². The summed E-state index contributed by atoms with van der Waals surface area (Å²) in [5.41, 5.74) is 5.82. The van der Waals surface area contributed by atoms with Gasteiger partial charge in [-0.1, -0.05) is 40.5 Å². The van der Waals surface area contributed by atoms with E-state index in [9.17, 15) is 24.3 Å². The molecule has 0 aromatic heterocycles. The maximum Gasteiger partial charge on any atom is 0.326 e. The quantitative estimate of drug-likeness (QED) is 0.264. The average molecular weight is 447 g/mol. The molecular formula is C20H38N4O5S. The van der Waals surface area contributed by atoms with Crippen molar-refractivity contribution in [3.63, 3.8) is 0 Å². The largest absolute Gasteiger partial charge is 0.480 e. The number of carboxylic acids is 1. The Kier molecular flexibility index (Phi) is 13.4. The molecule has 6 unspecified atom stereocenters. The van der Waals surface area contributed by atoms with Gasteiger partial charge in [-0.05, 0) is 37.2 Å². The van der Waals surface area contributed by atoms with Gasteiger partial charge in [-0.25, -0.2) is 4.79 Å². The first kappa shape index (κ1) is 28.2. The molecule has 0 aromatic rings. The van der Waals surface area contributed by atoms with E-state index in [4.69, 9.17) is 5.73 Å². The third-order valence-electron chi connectivity index (χ3n) is 5.29. The van der Waals surface area contributed by atoms with E-state index >= 15 is 0 Å². The summed E-state index contributed by atoms with van der Waals surface area (Å²) in [6.45, 7) is 8.77. The minimum absolute atomic E-state index is 0.230. The van der Waals surface area contributed by atoms with Gasteiger partial charge in [0.1, 0.15) is 18.1 Å². The predicted molar refractivity (Wildman–Crippen MR) is 119 cm³/mol. The minimum Gasteiger partial charge on any atom is -0.480 e. The fourth-order valence-corrected chi connectivity index (χ4v) is 3.16. The number of amides is 3. The minimum atomic E-state index is -1.12. The lowest BCUT2D eigenvalue weighted by Crippen LogP contribution is -2.58. The number of thioether (sulfide) groups is 1. The molecule has 0 bridgehead atoms. The van der Waals surface area contributed by atoms with Crippen molar-refractivity contribution in [2.45, 2.75) is 78.0 Å². The maximum absolute atomic E-state index is 12.8. The Morgan fingerprint density at radius 2 is 1.37 bits per heavy atom. The monoisotopic (exact) mass is 446 g/mol. The summed E-state index contributed by atoms with van der Waals surface area (Å²) in [6.07, 6.45) is 3.58. The molecule has 9 nitrogen and oxygen atoms in total. The second kappa shape index (κ2) is 14.2. The summed E-state index contributed by atoms with van der Waals surface area (Å²) >= 11 is 1.57. The van der Waals surface area contributed by atoms with Crippen LogP contribution in [0.3, 0.4) is 0 Å². The molecular weight excluding hydrogens is 408 g/mol. The molecule has 174 valence electrons. The summed E-state index contributed by atoms with van der Waals surface area (Å²) in [6, 6.07) is -3.56. The van der Waals surface area contributed by atoms with Crippen molar-refractivity contribution < 1.29 is 24.3 Å². The Bertz CT molecular complexity index is 590. The van der Waals surface area contributed by atoms with Crippen molar-refractivity contribution >= 4 is 35.5 Å². The van der Waals surface area contributed by atoms with Gasteiger partial charge in [0.2, 0.25) is 17.7 Å². The van der Waals surface area contributed by atoms with Gasteiger partial charge in [0.25, 0.3) is 0 Å². The second-order valence-corrected chi connectivity index (χ2v) is 8.69. The summed E-state index contributed by atoms with van der Waals surface area (Å²) in [5.74, 6) is -2.40. The fraction of sp³-hybridized carbons (Fsp3) is 0.800. The number of hydrogen-bond acceptors (Lipinski definition) is 6. The normalized spacial score (nSPS) is 17.0. The van der Waals surface area contributed by atoms with E-state index < -0.39 is 47.9 Å². The number of hydrogen-bond donors (Lipinski definition) is 5. The topological polar surface area (TPSA) is 151 Å². The highest BCUT2D eigenvalue weighted by atomic mass is 32.2. The van der Waals surface area contributed by atoms with Crippen LogP contribution in [0, 0.1) is 11.8 Å². The molecule has 30 heavy (non-hydrogen) atoms. The first-order chi connectivity index (χ1) is 14.0. The lowest BCUT2D eigenvalue weighted by atomic mass is 9.95. The first-order valence-electron chi connectivity index (χ1n) is 10.4. The molecule has 0 rings (SSSR count). The Morgan fingerprint density at radius 3 is 1.83 bits per heavy atom.